The number of nitrogens with one attached hydrogen (secondary N) is 1. The van der Waals surface area contributed by atoms with E-state index in [1.165, 1.54) is 57.8 Å². The van der Waals surface area contributed by atoms with Crippen LogP contribution in [0.25, 0.3) is 0 Å². The lowest BCUT2D eigenvalue weighted by Gasteiger charge is -2.46. The van der Waals surface area contributed by atoms with Crippen molar-refractivity contribution in [2.45, 2.75) is 90.2 Å². The second-order valence-corrected chi connectivity index (χ2v) is 7.24. The molecule has 1 saturated heterocycles. The molecule has 1 aliphatic carbocycles. The van der Waals surface area contributed by atoms with E-state index in [0.29, 0.717) is 6.04 Å². The molecule has 1 saturated carbocycles. The molecule has 2 aliphatic rings. The van der Waals surface area contributed by atoms with Crippen LogP contribution in [0.2, 0.25) is 0 Å². The molecule has 2 atom stereocenters. The van der Waals surface area contributed by atoms with Crippen LogP contribution in [0.5, 0.6) is 0 Å². The Morgan fingerprint density at radius 2 is 1.90 bits per heavy atom. The van der Waals surface area contributed by atoms with Gasteiger partial charge in [0.15, 0.2) is 0 Å². The van der Waals surface area contributed by atoms with Gasteiger partial charge in [-0.15, -0.1) is 0 Å². The third-order valence-corrected chi connectivity index (χ3v) is 5.71. The van der Waals surface area contributed by atoms with E-state index in [1.807, 2.05) is 0 Å². The lowest BCUT2D eigenvalue weighted by Crippen LogP contribution is -2.56. The quantitative estimate of drug-likeness (QED) is 0.772. The fourth-order valence-corrected chi connectivity index (χ4v) is 4.31. The molecule has 2 rings (SSSR count). The highest BCUT2D eigenvalue weighted by molar-refractivity contribution is 4.96. The van der Waals surface area contributed by atoms with Gasteiger partial charge in [-0.2, -0.15) is 0 Å². The Labute approximate surface area is 126 Å². The molecule has 0 aromatic rings. The van der Waals surface area contributed by atoms with Crippen LogP contribution in [0.1, 0.15) is 78.6 Å². The van der Waals surface area contributed by atoms with E-state index < -0.39 is 0 Å². The van der Waals surface area contributed by atoms with Gasteiger partial charge >= 0.3 is 0 Å². The average Bonchev–Trinajstić information content (AvgIpc) is 2.49. The zero-order valence-corrected chi connectivity index (χ0v) is 13.9. The van der Waals surface area contributed by atoms with Gasteiger partial charge in [-0.05, 0) is 63.8 Å². The van der Waals surface area contributed by atoms with Crippen molar-refractivity contribution >= 4 is 0 Å². The molecule has 1 heterocycles. The maximum Gasteiger partial charge on any atom is 0.0809 e. The van der Waals surface area contributed by atoms with Crippen LogP contribution < -0.4 is 5.32 Å². The Morgan fingerprint density at radius 1 is 1.15 bits per heavy atom. The molecule has 0 bridgehead atoms. The first kappa shape index (κ1) is 16.3. The second kappa shape index (κ2) is 7.79. The fourth-order valence-electron chi connectivity index (χ4n) is 4.31. The van der Waals surface area contributed by atoms with E-state index in [2.05, 4.69) is 26.1 Å². The number of hydrogen-bond acceptors (Lipinski definition) is 2. The Bertz CT molecular complexity index is 265. The molecule has 0 radical (unpaired) electrons. The molecule has 0 spiro atoms. The summed E-state index contributed by atoms with van der Waals surface area (Å²) in [5, 5.41) is 3.86. The summed E-state index contributed by atoms with van der Waals surface area (Å²) in [7, 11) is 0. The molecule has 20 heavy (non-hydrogen) atoms. The summed E-state index contributed by atoms with van der Waals surface area (Å²) in [6.07, 6.45) is 12.1. The zero-order chi connectivity index (χ0) is 14.4. The Morgan fingerprint density at radius 3 is 2.45 bits per heavy atom. The van der Waals surface area contributed by atoms with Gasteiger partial charge in [0, 0.05) is 12.6 Å². The predicted molar refractivity (Wildman–Crippen MR) is 86.0 cm³/mol. The first-order chi connectivity index (χ1) is 9.69. The van der Waals surface area contributed by atoms with Crippen molar-refractivity contribution in [3.8, 4) is 0 Å². The minimum absolute atomic E-state index is 0.0805. The van der Waals surface area contributed by atoms with Crippen LogP contribution in [-0.2, 0) is 4.74 Å². The van der Waals surface area contributed by atoms with Crippen molar-refractivity contribution in [1.82, 2.24) is 5.32 Å². The van der Waals surface area contributed by atoms with Gasteiger partial charge in [-0.1, -0.05) is 33.1 Å². The van der Waals surface area contributed by atoms with E-state index in [0.717, 1.165) is 25.0 Å². The van der Waals surface area contributed by atoms with E-state index >= 15 is 0 Å². The first-order valence-corrected chi connectivity index (χ1v) is 9.07. The van der Waals surface area contributed by atoms with E-state index in [-0.39, 0.29) is 5.60 Å². The third kappa shape index (κ3) is 3.98. The van der Waals surface area contributed by atoms with Crippen LogP contribution in [0, 0.1) is 11.8 Å². The van der Waals surface area contributed by atoms with Gasteiger partial charge in [0.25, 0.3) is 0 Å². The van der Waals surface area contributed by atoms with Gasteiger partial charge in [-0.3, -0.25) is 0 Å². The topological polar surface area (TPSA) is 21.3 Å². The summed E-state index contributed by atoms with van der Waals surface area (Å²) in [4.78, 5) is 0. The minimum Gasteiger partial charge on any atom is -0.374 e. The van der Waals surface area contributed by atoms with Gasteiger partial charge < -0.3 is 10.1 Å². The molecule has 2 fully saturated rings. The van der Waals surface area contributed by atoms with E-state index in [1.54, 1.807) is 0 Å². The standard InChI is InChI=1S/C18H35NO/c1-4-13-19-17(18(3)12-6-7-14-20-18)16-10-8-15(5-2)9-11-16/h15-17,19H,4-14H2,1-3H3. The lowest BCUT2D eigenvalue weighted by molar-refractivity contribution is -0.104. The molecule has 1 N–H and O–H groups in total. The molecule has 0 amide bonds. The monoisotopic (exact) mass is 281 g/mol. The van der Waals surface area contributed by atoms with E-state index in [9.17, 15) is 0 Å². The van der Waals surface area contributed by atoms with Gasteiger partial charge in [0.05, 0.1) is 5.60 Å². The molecular formula is C18H35NO. The Balaban J connectivity index is 1.99. The lowest BCUT2D eigenvalue weighted by atomic mass is 9.71. The van der Waals surface area contributed by atoms with Crippen molar-refractivity contribution < 1.29 is 4.74 Å². The highest BCUT2D eigenvalue weighted by Gasteiger charge is 2.41. The van der Waals surface area contributed by atoms with Crippen molar-refractivity contribution in [3.05, 3.63) is 0 Å². The summed E-state index contributed by atoms with van der Waals surface area (Å²) in [6, 6.07) is 0.570. The molecule has 2 nitrogen and oxygen atoms in total. The highest BCUT2D eigenvalue weighted by Crippen LogP contribution is 2.39. The van der Waals surface area contributed by atoms with Crippen molar-refractivity contribution in [2.75, 3.05) is 13.2 Å². The van der Waals surface area contributed by atoms with Crippen molar-refractivity contribution in [3.63, 3.8) is 0 Å². The number of ether oxygens (including phenoxy) is 1. The molecule has 0 aromatic heterocycles. The largest absolute Gasteiger partial charge is 0.374 e. The minimum atomic E-state index is 0.0805. The van der Waals surface area contributed by atoms with Gasteiger partial charge in [0.1, 0.15) is 0 Å². The summed E-state index contributed by atoms with van der Waals surface area (Å²) in [5.74, 6) is 1.81. The zero-order valence-electron chi connectivity index (χ0n) is 13.9. The SMILES string of the molecule is CCCNC(C1CCC(CC)CC1)C1(C)CCCCO1. The molecular weight excluding hydrogens is 246 g/mol. The van der Waals surface area contributed by atoms with E-state index in [4.69, 9.17) is 4.74 Å². The first-order valence-electron chi connectivity index (χ1n) is 9.07. The average molecular weight is 281 g/mol. The summed E-state index contributed by atoms with van der Waals surface area (Å²) in [5.41, 5.74) is 0.0805. The Kier molecular flexibility index (Phi) is 6.35. The smallest absolute Gasteiger partial charge is 0.0809 e. The molecule has 1 aliphatic heterocycles. The van der Waals surface area contributed by atoms with Crippen LogP contribution in [0.4, 0.5) is 0 Å². The van der Waals surface area contributed by atoms with Crippen LogP contribution in [0.3, 0.4) is 0 Å². The normalized spacial score (nSPS) is 36.8. The maximum atomic E-state index is 6.27. The summed E-state index contributed by atoms with van der Waals surface area (Å²) in [6.45, 7) is 9.08. The second-order valence-electron chi connectivity index (χ2n) is 7.24. The number of rotatable bonds is 6. The maximum absolute atomic E-state index is 6.27. The predicted octanol–water partition coefficient (Wildman–Crippen LogP) is 4.53. The van der Waals surface area contributed by atoms with Crippen molar-refractivity contribution in [1.29, 1.82) is 0 Å². The fraction of sp³-hybridized carbons (Fsp3) is 1.00. The molecule has 0 aromatic carbocycles. The third-order valence-electron chi connectivity index (χ3n) is 5.71. The van der Waals surface area contributed by atoms with Gasteiger partial charge in [-0.25, -0.2) is 0 Å². The van der Waals surface area contributed by atoms with Crippen LogP contribution in [0.15, 0.2) is 0 Å². The van der Waals surface area contributed by atoms with Crippen LogP contribution >= 0.6 is 0 Å². The van der Waals surface area contributed by atoms with Crippen LogP contribution in [-0.4, -0.2) is 24.8 Å². The van der Waals surface area contributed by atoms with Gasteiger partial charge in [0.2, 0.25) is 0 Å². The highest BCUT2D eigenvalue weighted by atomic mass is 16.5. The molecule has 2 unspecified atom stereocenters. The van der Waals surface area contributed by atoms with Crippen molar-refractivity contribution in [2.24, 2.45) is 11.8 Å². The molecule has 118 valence electrons. The summed E-state index contributed by atoms with van der Waals surface area (Å²) < 4.78 is 6.27. The number of hydrogen-bond donors (Lipinski definition) is 1. The molecule has 2 heteroatoms. The summed E-state index contributed by atoms with van der Waals surface area (Å²) >= 11 is 0. The Hall–Kier alpha value is -0.0800.